The Kier molecular flexibility index (Phi) is 2.58. The van der Waals surface area contributed by atoms with Crippen molar-refractivity contribution in [3.63, 3.8) is 0 Å². The van der Waals surface area contributed by atoms with Crippen LogP contribution >= 0.6 is 22.6 Å². The molecule has 84 valence electrons. The predicted octanol–water partition coefficient (Wildman–Crippen LogP) is 3.24. The van der Waals surface area contributed by atoms with Gasteiger partial charge in [-0.25, -0.2) is 0 Å². The number of aryl methyl sites for hydroxylation is 1. The van der Waals surface area contributed by atoms with Gasteiger partial charge in [0.15, 0.2) is 0 Å². The number of hydrogen-bond acceptors (Lipinski definition) is 2. The van der Waals surface area contributed by atoms with Gasteiger partial charge in [0.25, 0.3) is 0 Å². The van der Waals surface area contributed by atoms with Gasteiger partial charge >= 0.3 is 0 Å². The number of benzene rings is 1. The number of aromatic nitrogens is 3. The van der Waals surface area contributed by atoms with Crippen LogP contribution in [0, 0.1) is 3.57 Å². The van der Waals surface area contributed by atoms with Crippen LogP contribution in [0.5, 0.6) is 0 Å². The maximum absolute atomic E-state index is 4.49. The molecule has 2 aromatic heterocycles. The van der Waals surface area contributed by atoms with Gasteiger partial charge in [-0.2, -0.15) is 5.10 Å². The first kappa shape index (κ1) is 10.7. The number of rotatable bonds is 1. The van der Waals surface area contributed by atoms with Crippen molar-refractivity contribution >= 4 is 33.4 Å². The van der Waals surface area contributed by atoms with E-state index in [2.05, 4.69) is 56.9 Å². The normalized spacial score (nSPS) is 10.9. The standard InChI is InChI=1S/C13H10IN3/c1-17-8-10(6-16-17)13-5-9-3-2-4-12(14)11(9)7-15-13/h2-8H,1H3. The van der Waals surface area contributed by atoms with Crippen molar-refractivity contribution in [2.24, 2.45) is 7.05 Å². The van der Waals surface area contributed by atoms with Crippen LogP contribution in [0.25, 0.3) is 22.0 Å². The van der Waals surface area contributed by atoms with Crippen LogP contribution in [0.1, 0.15) is 0 Å². The Morgan fingerprint density at radius 1 is 1.24 bits per heavy atom. The third kappa shape index (κ3) is 1.93. The number of fused-ring (bicyclic) bond motifs is 1. The fraction of sp³-hybridized carbons (Fsp3) is 0.0769. The molecule has 0 N–H and O–H groups in total. The molecule has 4 heteroatoms. The van der Waals surface area contributed by atoms with E-state index in [1.165, 1.54) is 14.3 Å². The summed E-state index contributed by atoms with van der Waals surface area (Å²) in [5.74, 6) is 0. The molecule has 1 aromatic carbocycles. The molecule has 0 aliphatic heterocycles. The van der Waals surface area contributed by atoms with Gasteiger partial charge in [0.1, 0.15) is 0 Å². The lowest BCUT2D eigenvalue weighted by molar-refractivity contribution is 0.768. The van der Waals surface area contributed by atoms with Crippen molar-refractivity contribution in [2.75, 3.05) is 0 Å². The van der Waals surface area contributed by atoms with Gasteiger partial charge < -0.3 is 0 Å². The van der Waals surface area contributed by atoms with Gasteiger partial charge in [0.2, 0.25) is 0 Å². The minimum atomic E-state index is 0.965. The van der Waals surface area contributed by atoms with Gasteiger partial charge in [-0.3, -0.25) is 9.67 Å². The molecule has 0 bridgehead atoms. The molecule has 3 nitrogen and oxygen atoms in total. The molecular weight excluding hydrogens is 325 g/mol. The van der Waals surface area contributed by atoms with Gasteiger partial charge in [-0.15, -0.1) is 0 Å². The molecule has 0 spiro atoms. The highest BCUT2D eigenvalue weighted by atomic mass is 127. The number of hydrogen-bond donors (Lipinski definition) is 0. The minimum absolute atomic E-state index is 0.965. The summed E-state index contributed by atoms with van der Waals surface area (Å²) in [7, 11) is 1.91. The predicted molar refractivity (Wildman–Crippen MR) is 76.7 cm³/mol. The molecule has 0 aliphatic rings. The van der Waals surface area contributed by atoms with E-state index >= 15 is 0 Å². The maximum Gasteiger partial charge on any atom is 0.0739 e. The Balaban J connectivity index is 2.20. The molecule has 0 aliphatic carbocycles. The number of pyridine rings is 1. The smallest absolute Gasteiger partial charge is 0.0739 e. The molecule has 0 saturated carbocycles. The molecule has 0 fully saturated rings. The Hall–Kier alpha value is -1.43. The molecule has 0 radical (unpaired) electrons. The second kappa shape index (κ2) is 4.10. The number of halogens is 1. The lowest BCUT2D eigenvalue weighted by Crippen LogP contribution is -1.86. The minimum Gasteiger partial charge on any atom is -0.275 e. The molecule has 0 saturated heterocycles. The molecule has 0 atom stereocenters. The SMILES string of the molecule is Cn1cc(-c2cc3cccc(I)c3cn2)cn1. The highest BCUT2D eigenvalue weighted by Gasteiger charge is 2.04. The second-order valence-corrected chi connectivity index (χ2v) is 5.10. The summed E-state index contributed by atoms with van der Waals surface area (Å²) in [5, 5.41) is 6.57. The van der Waals surface area contributed by atoms with Crippen LogP contribution in [0.3, 0.4) is 0 Å². The van der Waals surface area contributed by atoms with Crippen molar-refractivity contribution in [1.29, 1.82) is 0 Å². The third-order valence-corrected chi connectivity index (χ3v) is 3.65. The second-order valence-electron chi connectivity index (χ2n) is 3.93. The topological polar surface area (TPSA) is 30.7 Å². The summed E-state index contributed by atoms with van der Waals surface area (Å²) in [6, 6.07) is 8.37. The molecule has 0 unspecified atom stereocenters. The quantitative estimate of drug-likeness (QED) is 0.639. The van der Waals surface area contributed by atoms with Crippen LogP contribution in [-0.2, 0) is 7.05 Å². The molecule has 2 heterocycles. The van der Waals surface area contributed by atoms with E-state index in [0.717, 1.165) is 11.3 Å². The summed E-state index contributed by atoms with van der Waals surface area (Å²) >= 11 is 2.33. The maximum atomic E-state index is 4.49. The lowest BCUT2D eigenvalue weighted by atomic mass is 10.1. The summed E-state index contributed by atoms with van der Waals surface area (Å²) in [6.45, 7) is 0. The molecule has 0 amide bonds. The van der Waals surface area contributed by atoms with E-state index in [4.69, 9.17) is 0 Å². The zero-order valence-electron chi connectivity index (χ0n) is 9.26. The summed E-state index contributed by atoms with van der Waals surface area (Å²) in [6.07, 6.45) is 5.74. The monoisotopic (exact) mass is 335 g/mol. The Bertz CT molecular complexity index is 688. The van der Waals surface area contributed by atoms with Crippen LogP contribution in [0.15, 0.2) is 42.9 Å². The molecule has 17 heavy (non-hydrogen) atoms. The summed E-state index contributed by atoms with van der Waals surface area (Å²) in [5.41, 5.74) is 2.01. The third-order valence-electron chi connectivity index (χ3n) is 2.71. The molecule has 3 rings (SSSR count). The van der Waals surface area contributed by atoms with Crippen LogP contribution in [-0.4, -0.2) is 14.8 Å². The van der Waals surface area contributed by atoms with Crippen molar-refractivity contribution in [3.8, 4) is 11.3 Å². The van der Waals surface area contributed by atoms with Crippen LogP contribution < -0.4 is 0 Å². The first-order valence-corrected chi connectivity index (χ1v) is 6.35. The van der Waals surface area contributed by atoms with Gasteiger partial charge in [-0.05, 0) is 40.1 Å². The molecule has 3 aromatic rings. The molecular formula is C13H10IN3. The number of nitrogens with zero attached hydrogens (tertiary/aromatic N) is 3. The largest absolute Gasteiger partial charge is 0.275 e. The van der Waals surface area contributed by atoms with E-state index in [1.807, 2.05) is 25.6 Å². The first-order chi connectivity index (χ1) is 8.24. The van der Waals surface area contributed by atoms with E-state index in [9.17, 15) is 0 Å². The zero-order chi connectivity index (χ0) is 11.8. The van der Waals surface area contributed by atoms with Crippen molar-refractivity contribution < 1.29 is 0 Å². The Morgan fingerprint density at radius 3 is 2.88 bits per heavy atom. The summed E-state index contributed by atoms with van der Waals surface area (Å²) < 4.78 is 3.01. The first-order valence-electron chi connectivity index (χ1n) is 5.27. The fourth-order valence-corrected chi connectivity index (χ4v) is 2.50. The van der Waals surface area contributed by atoms with Crippen molar-refractivity contribution in [2.45, 2.75) is 0 Å². The average molecular weight is 335 g/mol. The average Bonchev–Trinajstić information content (AvgIpc) is 2.76. The van der Waals surface area contributed by atoms with E-state index < -0.39 is 0 Å². The Morgan fingerprint density at radius 2 is 2.12 bits per heavy atom. The lowest BCUT2D eigenvalue weighted by Gasteiger charge is -2.02. The fourth-order valence-electron chi connectivity index (χ4n) is 1.85. The van der Waals surface area contributed by atoms with E-state index in [1.54, 1.807) is 4.68 Å². The zero-order valence-corrected chi connectivity index (χ0v) is 11.4. The van der Waals surface area contributed by atoms with Crippen molar-refractivity contribution in [3.05, 3.63) is 46.4 Å². The van der Waals surface area contributed by atoms with Gasteiger partial charge in [0, 0.05) is 34.0 Å². The van der Waals surface area contributed by atoms with E-state index in [0.29, 0.717) is 0 Å². The van der Waals surface area contributed by atoms with Crippen LogP contribution in [0.2, 0.25) is 0 Å². The highest BCUT2D eigenvalue weighted by molar-refractivity contribution is 14.1. The Labute approximate surface area is 113 Å². The van der Waals surface area contributed by atoms with Gasteiger partial charge in [0.05, 0.1) is 11.9 Å². The summed E-state index contributed by atoms with van der Waals surface area (Å²) in [4.78, 5) is 4.49. The van der Waals surface area contributed by atoms with Crippen molar-refractivity contribution in [1.82, 2.24) is 14.8 Å². The highest BCUT2D eigenvalue weighted by Crippen LogP contribution is 2.24. The van der Waals surface area contributed by atoms with Crippen LogP contribution in [0.4, 0.5) is 0 Å². The van der Waals surface area contributed by atoms with Gasteiger partial charge in [-0.1, -0.05) is 12.1 Å². The van der Waals surface area contributed by atoms with E-state index in [-0.39, 0.29) is 0 Å².